The number of carbonyl (C=O) groups excluding carboxylic acids is 1. The van der Waals surface area contributed by atoms with Crippen LogP contribution in [-0.4, -0.2) is 55.6 Å². The third-order valence-corrected chi connectivity index (χ3v) is 19.0. The lowest BCUT2D eigenvalue weighted by molar-refractivity contribution is -0.140. The van der Waals surface area contributed by atoms with Gasteiger partial charge >= 0.3 is 5.97 Å². The zero-order valence-electron chi connectivity index (χ0n) is 34.9. The van der Waals surface area contributed by atoms with Crippen LogP contribution in [0.25, 0.3) is 0 Å². The maximum Gasteiger partial charge on any atom is 0.305 e. The van der Waals surface area contributed by atoms with E-state index in [-0.39, 0.29) is 34.2 Å². The van der Waals surface area contributed by atoms with Gasteiger partial charge in [0.25, 0.3) is 0 Å². The van der Waals surface area contributed by atoms with Crippen molar-refractivity contribution in [3.63, 3.8) is 0 Å². The van der Waals surface area contributed by atoms with Crippen molar-refractivity contribution in [2.45, 2.75) is 136 Å². The summed E-state index contributed by atoms with van der Waals surface area (Å²) in [6.07, 6.45) is 29.2. The van der Waals surface area contributed by atoms with E-state index >= 15 is 0 Å². The molecule has 8 heteroatoms. The highest BCUT2D eigenvalue weighted by Gasteiger charge is 2.40. The number of methoxy groups -OCH3 is 2. The minimum atomic E-state index is -1.97. The number of benzene rings is 1. The van der Waals surface area contributed by atoms with Crippen molar-refractivity contribution in [3.8, 4) is 5.75 Å². The summed E-state index contributed by atoms with van der Waals surface area (Å²) < 4.78 is 29.6. The van der Waals surface area contributed by atoms with E-state index in [1.165, 1.54) is 7.11 Å². The van der Waals surface area contributed by atoms with Crippen LogP contribution in [0.4, 0.5) is 0 Å². The zero-order valence-corrected chi connectivity index (χ0v) is 36.9. The molecule has 0 aliphatic rings. The fourth-order valence-electron chi connectivity index (χ4n) is 4.45. The summed E-state index contributed by atoms with van der Waals surface area (Å²) in [6.45, 7) is 26.1. The second-order valence-corrected chi connectivity index (χ2v) is 26.0. The zero-order chi connectivity index (χ0) is 39.3. The molecule has 3 atom stereocenters. The Bertz CT molecular complexity index is 1320. The molecule has 1 aromatic carbocycles. The number of rotatable bonds is 23. The van der Waals surface area contributed by atoms with E-state index in [0.29, 0.717) is 26.1 Å². The molecule has 6 nitrogen and oxygen atoms in total. The molecule has 0 radical (unpaired) electrons. The number of carbonyl (C=O) groups is 1. The first-order chi connectivity index (χ1) is 24.3. The summed E-state index contributed by atoms with van der Waals surface area (Å²) in [5.41, 5.74) is 1.13. The van der Waals surface area contributed by atoms with Gasteiger partial charge in [0.05, 0.1) is 39.6 Å². The number of ether oxygens (including phenoxy) is 3. The first-order valence-corrected chi connectivity index (χ1v) is 24.8. The Balaban J connectivity index is 2.66. The molecule has 0 aliphatic heterocycles. The van der Waals surface area contributed by atoms with E-state index in [1.54, 1.807) is 7.11 Å². The molecule has 0 saturated carbocycles. The van der Waals surface area contributed by atoms with Crippen LogP contribution in [0.15, 0.2) is 97.2 Å². The molecule has 0 bridgehead atoms. The van der Waals surface area contributed by atoms with Crippen LogP contribution in [-0.2, 0) is 29.7 Å². The lowest BCUT2D eigenvalue weighted by Crippen LogP contribution is -2.45. The van der Waals surface area contributed by atoms with Gasteiger partial charge in [-0.1, -0.05) is 134 Å². The van der Waals surface area contributed by atoms with E-state index in [4.69, 9.17) is 23.1 Å². The Morgan fingerprint density at radius 2 is 1.27 bits per heavy atom. The Hall–Kier alpha value is -2.76. The largest absolute Gasteiger partial charge is 0.497 e. The normalized spacial score (nSPS) is 15.6. The smallest absolute Gasteiger partial charge is 0.305 e. The lowest BCUT2D eigenvalue weighted by Gasteiger charge is -2.40. The topological polar surface area (TPSA) is 63.2 Å². The Kier molecular flexibility index (Phi) is 21.6. The molecule has 292 valence electrons. The van der Waals surface area contributed by atoms with Gasteiger partial charge in [0, 0.05) is 12.3 Å². The van der Waals surface area contributed by atoms with Gasteiger partial charge in [0.15, 0.2) is 16.6 Å². The van der Waals surface area contributed by atoms with Gasteiger partial charge in [0.1, 0.15) is 5.75 Å². The fraction of sp³-hybridized carbons (Fsp3) is 0.568. The molecule has 0 aliphatic carbocycles. The predicted molar refractivity (Wildman–Crippen MR) is 226 cm³/mol. The molecule has 1 aromatic rings. The van der Waals surface area contributed by atoms with Crippen LogP contribution in [0.2, 0.25) is 36.3 Å². The Morgan fingerprint density at radius 1 is 0.712 bits per heavy atom. The quantitative estimate of drug-likeness (QED) is 0.0365. The number of esters is 1. The van der Waals surface area contributed by atoms with E-state index in [1.807, 2.05) is 30.3 Å². The molecule has 1 rings (SSSR count). The average Bonchev–Trinajstić information content (AvgIpc) is 3.06. The summed E-state index contributed by atoms with van der Waals surface area (Å²) >= 11 is 0. The Labute approximate surface area is 320 Å². The van der Waals surface area contributed by atoms with E-state index in [2.05, 4.69) is 141 Å². The molecule has 0 spiro atoms. The third-order valence-electron chi connectivity index (χ3n) is 9.97. The first kappa shape index (κ1) is 47.3. The van der Waals surface area contributed by atoms with Gasteiger partial charge in [0.2, 0.25) is 0 Å². The molecule has 0 heterocycles. The molecule has 0 fully saturated rings. The maximum atomic E-state index is 11.5. The molecule has 0 aromatic heterocycles. The van der Waals surface area contributed by atoms with Gasteiger partial charge in [-0.05, 0) is 79.6 Å². The SMILES string of the molecule is COC(=O)CC/C=C/[C@@H](C/C=C/C=C/C=C/CC/C=C/C=C/[C@H](O[Si](C)(C)C(C)(C)C)[C@@H](C)COCc1ccc(OC)cc1)O[Si](C)(C)C(C)(C)C. The van der Waals surface area contributed by atoms with Gasteiger partial charge in [-0.15, -0.1) is 0 Å². The van der Waals surface area contributed by atoms with Crippen LogP contribution in [0, 0.1) is 5.92 Å². The first-order valence-electron chi connectivity index (χ1n) is 18.9. The monoisotopic (exact) mass is 752 g/mol. The van der Waals surface area contributed by atoms with E-state index in [0.717, 1.165) is 30.6 Å². The van der Waals surface area contributed by atoms with Gasteiger partial charge in [-0.2, -0.15) is 0 Å². The van der Waals surface area contributed by atoms with Crippen molar-refractivity contribution in [3.05, 3.63) is 103 Å². The molecular formula is C44H72O6Si2. The highest BCUT2D eigenvalue weighted by molar-refractivity contribution is 6.74. The van der Waals surface area contributed by atoms with Gasteiger partial charge in [-0.3, -0.25) is 4.79 Å². The summed E-state index contributed by atoms with van der Waals surface area (Å²) in [6, 6.07) is 8.02. The van der Waals surface area contributed by atoms with Crippen LogP contribution in [0.3, 0.4) is 0 Å². The number of hydrogen-bond donors (Lipinski definition) is 0. The summed E-state index contributed by atoms with van der Waals surface area (Å²) in [4.78, 5) is 11.5. The number of hydrogen-bond acceptors (Lipinski definition) is 6. The van der Waals surface area contributed by atoms with Crippen molar-refractivity contribution >= 4 is 22.6 Å². The Morgan fingerprint density at radius 3 is 1.83 bits per heavy atom. The van der Waals surface area contributed by atoms with Crippen molar-refractivity contribution in [1.82, 2.24) is 0 Å². The van der Waals surface area contributed by atoms with Crippen LogP contribution >= 0.6 is 0 Å². The summed E-state index contributed by atoms with van der Waals surface area (Å²) in [5.74, 6) is 0.872. The average molecular weight is 753 g/mol. The standard InChI is InChI=1S/C44H72O6Si2/c1-37(35-48-36-38-31-33-39(46-8)34-32-38)41(50-52(12,13)44(5,6)7)29-24-22-20-18-16-14-15-17-19-21-23-27-40(28-25-26-30-42(45)47-9)49-51(10,11)43(2,3)4/h14-15,17,19-25,28-29,31-34,37,40-41H,16,18,26-27,30,35-36H2,1-13H3/b15-14+,19-17+,22-20+,23-21+,28-25+,29-24+/t37-,40+,41-/m0/s1. The minimum absolute atomic E-state index is 0.0176. The summed E-state index contributed by atoms with van der Waals surface area (Å²) in [7, 11) is -0.800. The fourth-order valence-corrected chi connectivity index (χ4v) is 7.08. The van der Waals surface area contributed by atoms with Crippen LogP contribution in [0.1, 0.15) is 86.1 Å². The second kappa shape index (κ2) is 23.8. The van der Waals surface area contributed by atoms with Crippen molar-refractivity contribution in [2.24, 2.45) is 5.92 Å². The number of unbranched alkanes of at least 4 members (excludes halogenated alkanes) is 1. The minimum Gasteiger partial charge on any atom is -0.497 e. The van der Waals surface area contributed by atoms with Crippen molar-refractivity contribution in [2.75, 3.05) is 20.8 Å². The van der Waals surface area contributed by atoms with E-state index < -0.39 is 16.6 Å². The number of allylic oxidation sites excluding steroid dienone is 9. The van der Waals surface area contributed by atoms with Crippen LogP contribution in [0.5, 0.6) is 5.75 Å². The highest BCUT2D eigenvalue weighted by atomic mass is 28.4. The second-order valence-electron chi connectivity index (χ2n) is 16.5. The van der Waals surface area contributed by atoms with Gasteiger partial charge < -0.3 is 23.1 Å². The van der Waals surface area contributed by atoms with Gasteiger partial charge in [-0.25, -0.2) is 0 Å². The predicted octanol–water partition coefficient (Wildman–Crippen LogP) is 12.1. The molecule has 0 amide bonds. The van der Waals surface area contributed by atoms with Crippen LogP contribution < -0.4 is 4.74 Å². The molecule has 0 saturated heterocycles. The molecular weight excluding hydrogens is 681 g/mol. The molecule has 0 N–H and O–H groups in total. The maximum absolute atomic E-state index is 11.5. The highest BCUT2D eigenvalue weighted by Crippen LogP contribution is 2.39. The molecule has 0 unspecified atom stereocenters. The van der Waals surface area contributed by atoms with Crippen molar-refractivity contribution in [1.29, 1.82) is 0 Å². The van der Waals surface area contributed by atoms with E-state index in [9.17, 15) is 4.79 Å². The van der Waals surface area contributed by atoms with Crippen molar-refractivity contribution < 1.29 is 27.9 Å². The molecule has 52 heavy (non-hydrogen) atoms. The summed E-state index contributed by atoms with van der Waals surface area (Å²) in [5, 5.41) is 0.251. The lowest BCUT2D eigenvalue weighted by atomic mass is 10.1. The third kappa shape index (κ3) is 19.4.